The minimum Gasteiger partial charge on any atom is -0.493 e. The molecule has 4 heterocycles. The Morgan fingerprint density at radius 1 is 1.09 bits per heavy atom. The average molecular weight is 465 g/mol. The number of hydrogen-bond donors (Lipinski definition) is 1. The van der Waals surface area contributed by atoms with E-state index in [2.05, 4.69) is 27.0 Å². The maximum absolute atomic E-state index is 12.8. The van der Waals surface area contributed by atoms with E-state index < -0.39 is 0 Å². The summed E-state index contributed by atoms with van der Waals surface area (Å²) in [6, 6.07) is 10.3. The first kappa shape index (κ1) is 21.9. The second-order valence-corrected chi connectivity index (χ2v) is 9.59. The fraction of sp³-hybridized carbons (Fsp3) is 0.400. The molecule has 2 aliphatic rings. The number of thiophene rings is 1. The molecule has 0 radical (unpaired) electrons. The molecule has 0 unspecified atom stereocenters. The summed E-state index contributed by atoms with van der Waals surface area (Å²) in [5, 5.41) is 0. The van der Waals surface area contributed by atoms with Crippen molar-refractivity contribution in [2.75, 3.05) is 27.3 Å². The maximum atomic E-state index is 12.8. The number of fused-ring (bicyclic) bond motifs is 1. The fourth-order valence-corrected chi connectivity index (χ4v) is 5.52. The standard InChI is InChI=1S/C25H28N4O3S/c1-31-21-8-6-16(13-22(21)32-2)23-9-7-17(33-23)14-29-12-10-19-18(15-29)25(30)28-24(27-19)20-5-3-4-11-26-20/h6-9,13H,3-5,10-12,14-15H2,1-2H3,(H,27,28,30). The van der Waals surface area contributed by atoms with Crippen LogP contribution in [0.3, 0.4) is 0 Å². The van der Waals surface area contributed by atoms with Crippen LogP contribution in [-0.2, 0) is 19.5 Å². The average Bonchev–Trinajstić information content (AvgIpc) is 3.33. The van der Waals surface area contributed by atoms with Crippen molar-refractivity contribution in [2.45, 2.75) is 38.8 Å². The molecule has 0 amide bonds. The van der Waals surface area contributed by atoms with Crippen molar-refractivity contribution in [2.24, 2.45) is 4.99 Å². The van der Waals surface area contributed by atoms with E-state index in [1.165, 1.54) is 9.75 Å². The van der Waals surface area contributed by atoms with Crippen molar-refractivity contribution < 1.29 is 9.47 Å². The summed E-state index contributed by atoms with van der Waals surface area (Å²) in [5.41, 5.74) is 3.75. The minimum absolute atomic E-state index is 0.0230. The van der Waals surface area contributed by atoms with E-state index >= 15 is 0 Å². The SMILES string of the molecule is COc1ccc(-c2ccc(CN3CCc4nc(C5=NCCCC5)[nH]c(=O)c4C3)s2)cc1OC. The zero-order chi connectivity index (χ0) is 22.8. The van der Waals surface area contributed by atoms with Crippen molar-refractivity contribution in [3.8, 4) is 21.9 Å². The van der Waals surface area contributed by atoms with Gasteiger partial charge < -0.3 is 14.5 Å². The lowest BCUT2D eigenvalue weighted by Gasteiger charge is -2.27. The fourth-order valence-electron chi connectivity index (χ4n) is 4.47. The lowest BCUT2D eigenvalue weighted by Crippen LogP contribution is -2.36. The van der Waals surface area contributed by atoms with Crippen LogP contribution in [0.15, 0.2) is 40.1 Å². The third-order valence-corrected chi connectivity index (χ3v) is 7.37. The van der Waals surface area contributed by atoms with Crippen LogP contribution in [0.2, 0.25) is 0 Å². The van der Waals surface area contributed by atoms with Gasteiger partial charge in [0.05, 0.1) is 31.2 Å². The van der Waals surface area contributed by atoms with Gasteiger partial charge >= 0.3 is 0 Å². The molecule has 172 valence electrons. The molecule has 8 heteroatoms. The van der Waals surface area contributed by atoms with Crippen LogP contribution >= 0.6 is 11.3 Å². The minimum atomic E-state index is -0.0230. The van der Waals surface area contributed by atoms with Crippen molar-refractivity contribution in [3.05, 3.63) is 62.6 Å². The molecule has 0 fully saturated rings. The lowest BCUT2D eigenvalue weighted by molar-refractivity contribution is 0.244. The van der Waals surface area contributed by atoms with E-state index in [0.717, 1.165) is 79.3 Å². The number of ether oxygens (including phenoxy) is 2. The predicted octanol–water partition coefficient (Wildman–Crippen LogP) is 4.05. The van der Waals surface area contributed by atoms with E-state index in [1.807, 2.05) is 18.2 Å². The Labute approximate surface area is 197 Å². The molecule has 0 bridgehead atoms. The Morgan fingerprint density at radius 3 is 2.76 bits per heavy atom. The normalized spacial score (nSPS) is 16.2. The highest BCUT2D eigenvalue weighted by atomic mass is 32.1. The van der Waals surface area contributed by atoms with Gasteiger partial charge in [0.1, 0.15) is 0 Å². The van der Waals surface area contributed by atoms with Gasteiger partial charge in [-0.3, -0.25) is 14.7 Å². The summed E-state index contributed by atoms with van der Waals surface area (Å²) in [4.78, 5) is 29.9. The number of aromatic nitrogens is 2. The molecule has 2 aliphatic heterocycles. The number of hydrogen-bond acceptors (Lipinski definition) is 7. The van der Waals surface area contributed by atoms with Gasteiger partial charge in [-0.1, -0.05) is 0 Å². The molecular formula is C25H28N4O3S. The third-order valence-electron chi connectivity index (χ3n) is 6.25. The molecule has 2 aromatic heterocycles. The van der Waals surface area contributed by atoms with Crippen molar-refractivity contribution in [3.63, 3.8) is 0 Å². The number of aromatic amines is 1. The molecule has 0 aliphatic carbocycles. The molecular weight excluding hydrogens is 436 g/mol. The van der Waals surface area contributed by atoms with Crippen LogP contribution in [0, 0.1) is 0 Å². The molecule has 3 aromatic rings. The quantitative estimate of drug-likeness (QED) is 0.595. The van der Waals surface area contributed by atoms with Gasteiger partial charge in [0.2, 0.25) is 0 Å². The summed E-state index contributed by atoms with van der Waals surface area (Å²) >= 11 is 1.76. The first-order valence-corrected chi connectivity index (χ1v) is 12.2. The highest BCUT2D eigenvalue weighted by molar-refractivity contribution is 7.15. The van der Waals surface area contributed by atoms with E-state index in [-0.39, 0.29) is 5.56 Å². The molecule has 1 N–H and O–H groups in total. The summed E-state index contributed by atoms with van der Waals surface area (Å²) in [5.74, 6) is 2.12. The van der Waals surface area contributed by atoms with Gasteiger partial charge in [-0.2, -0.15) is 0 Å². The third kappa shape index (κ3) is 4.58. The predicted molar refractivity (Wildman–Crippen MR) is 131 cm³/mol. The second kappa shape index (κ2) is 9.49. The number of aliphatic imine (C=N–C) groups is 1. The number of nitrogens with zero attached hydrogens (tertiary/aromatic N) is 3. The molecule has 0 spiro atoms. The molecule has 33 heavy (non-hydrogen) atoms. The maximum Gasteiger partial charge on any atom is 0.255 e. The molecule has 0 atom stereocenters. The van der Waals surface area contributed by atoms with Crippen molar-refractivity contribution >= 4 is 17.0 Å². The van der Waals surface area contributed by atoms with Gasteiger partial charge in [0, 0.05) is 42.4 Å². The Hall–Kier alpha value is -2.97. The Bertz CT molecular complexity index is 1250. The van der Waals surface area contributed by atoms with Gasteiger partial charge in [-0.15, -0.1) is 11.3 Å². The van der Waals surface area contributed by atoms with Crippen molar-refractivity contribution in [1.29, 1.82) is 0 Å². The zero-order valence-corrected chi connectivity index (χ0v) is 19.8. The van der Waals surface area contributed by atoms with Crippen LogP contribution < -0.4 is 15.0 Å². The van der Waals surface area contributed by atoms with Gasteiger partial charge in [0.25, 0.3) is 5.56 Å². The summed E-state index contributed by atoms with van der Waals surface area (Å²) in [7, 11) is 3.29. The Kier molecular flexibility index (Phi) is 6.28. The van der Waals surface area contributed by atoms with E-state index in [0.29, 0.717) is 12.4 Å². The number of nitrogens with one attached hydrogen (secondary N) is 1. The second-order valence-electron chi connectivity index (χ2n) is 8.42. The lowest BCUT2D eigenvalue weighted by atomic mass is 10.1. The summed E-state index contributed by atoms with van der Waals surface area (Å²) < 4.78 is 10.8. The smallest absolute Gasteiger partial charge is 0.255 e. The largest absolute Gasteiger partial charge is 0.493 e. The first-order valence-electron chi connectivity index (χ1n) is 11.3. The Balaban J connectivity index is 1.30. The topological polar surface area (TPSA) is 79.8 Å². The first-order chi connectivity index (χ1) is 16.1. The van der Waals surface area contributed by atoms with E-state index in [1.54, 1.807) is 25.6 Å². The number of benzene rings is 1. The Morgan fingerprint density at radius 2 is 1.97 bits per heavy atom. The van der Waals surface area contributed by atoms with Crippen LogP contribution in [0.4, 0.5) is 0 Å². The van der Waals surface area contributed by atoms with Crippen LogP contribution in [0.1, 0.15) is 41.2 Å². The number of rotatable bonds is 6. The molecule has 5 rings (SSSR count). The van der Waals surface area contributed by atoms with Crippen molar-refractivity contribution in [1.82, 2.24) is 14.9 Å². The van der Waals surface area contributed by atoms with Crippen LogP contribution in [-0.4, -0.2) is 47.9 Å². The summed E-state index contributed by atoms with van der Waals surface area (Å²) in [6.45, 7) is 3.15. The molecule has 1 aromatic carbocycles. The van der Waals surface area contributed by atoms with Gasteiger partial charge in [0.15, 0.2) is 17.3 Å². The monoisotopic (exact) mass is 464 g/mol. The van der Waals surface area contributed by atoms with Gasteiger partial charge in [-0.05, 0) is 55.2 Å². The van der Waals surface area contributed by atoms with Gasteiger partial charge in [-0.25, -0.2) is 4.98 Å². The number of methoxy groups -OCH3 is 2. The highest BCUT2D eigenvalue weighted by Gasteiger charge is 2.23. The van der Waals surface area contributed by atoms with E-state index in [4.69, 9.17) is 14.5 Å². The molecule has 0 saturated carbocycles. The van der Waals surface area contributed by atoms with Crippen LogP contribution in [0.25, 0.3) is 10.4 Å². The highest BCUT2D eigenvalue weighted by Crippen LogP contribution is 2.35. The number of H-pyrrole nitrogens is 1. The molecule has 7 nitrogen and oxygen atoms in total. The van der Waals surface area contributed by atoms with Crippen LogP contribution in [0.5, 0.6) is 11.5 Å². The molecule has 0 saturated heterocycles. The zero-order valence-electron chi connectivity index (χ0n) is 19.0. The van der Waals surface area contributed by atoms with E-state index in [9.17, 15) is 4.79 Å². The summed E-state index contributed by atoms with van der Waals surface area (Å²) in [6.07, 6.45) is 3.91.